The molecular weight excluding hydrogens is 159 g/mol. The van der Waals surface area contributed by atoms with E-state index in [0.717, 1.165) is 12.0 Å². The van der Waals surface area contributed by atoms with Crippen molar-refractivity contribution in [1.82, 2.24) is 0 Å². The van der Waals surface area contributed by atoms with E-state index in [1.165, 1.54) is 0 Å². The van der Waals surface area contributed by atoms with Crippen LogP contribution in [0.1, 0.15) is 9.78 Å². The Morgan fingerprint density at radius 2 is 2.50 bits per heavy atom. The fourth-order valence-electron chi connectivity index (χ4n) is 0.0978. The van der Waals surface area contributed by atoms with Crippen molar-refractivity contribution in [3.8, 4) is 0 Å². The predicted octanol–water partition coefficient (Wildman–Crippen LogP) is 1.16. The van der Waals surface area contributed by atoms with Crippen molar-refractivity contribution >= 4 is 43.4 Å². The van der Waals surface area contributed by atoms with Crippen molar-refractivity contribution in [3.05, 3.63) is 0 Å². The van der Waals surface area contributed by atoms with Crippen LogP contribution in [0.5, 0.6) is 0 Å². The standard InChI is InChI=1S/C2H5O3PS.Mg.2H/c1-2-7-5-6(3)4;;;/h2H2,1H3;;;/q;+2;2*-1/p+1. The first-order valence-electron chi connectivity index (χ1n) is 1.73. The molecule has 0 rings (SSSR count). The van der Waals surface area contributed by atoms with Gasteiger partial charge in [-0.1, -0.05) is 6.92 Å². The quantitative estimate of drug-likeness (QED) is 0.389. The first kappa shape index (κ1) is 11.9. The molecule has 1 unspecified atom stereocenters. The van der Waals surface area contributed by atoms with Crippen LogP contribution >= 0.6 is 20.3 Å². The summed E-state index contributed by atoms with van der Waals surface area (Å²) in [5, 5.41) is 0. The average Bonchev–Trinajstić information content (AvgIpc) is 1.61. The molecule has 3 nitrogen and oxygen atoms in total. The maximum Gasteiger partial charge on any atom is 2.00 e. The summed E-state index contributed by atoms with van der Waals surface area (Å²) in [7, 11) is -2.39. The molecule has 0 saturated heterocycles. The summed E-state index contributed by atoms with van der Waals surface area (Å²) in [6.45, 7) is 1.84. The van der Waals surface area contributed by atoms with E-state index in [0.29, 0.717) is 5.75 Å². The third kappa shape index (κ3) is 10.2. The van der Waals surface area contributed by atoms with Crippen molar-refractivity contribution in [2.45, 2.75) is 6.92 Å². The molecule has 0 aliphatic heterocycles. The fraction of sp³-hybridized carbons (Fsp3) is 1.00. The van der Waals surface area contributed by atoms with Crippen LogP contribution in [0.2, 0.25) is 0 Å². The van der Waals surface area contributed by atoms with Crippen molar-refractivity contribution in [1.29, 1.82) is 0 Å². The zero-order valence-electron chi connectivity index (χ0n) is 6.53. The van der Waals surface area contributed by atoms with E-state index in [-0.39, 0.29) is 25.9 Å². The van der Waals surface area contributed by atoms with Crippen molar-refractivity contribution in [2.75, 3.05) is 5.75 Å². The molecular formula is C2H8MgO3PS+. The minimum Gasteiger partial charge on any atom is -1.00 e. The van der Waals surface area contributed by atoms with Gasteiger partial charge in [0.25, 0.3) is 0 Å². The molecule has 1 atom stereocenters. The molecule has 0 aliphatic carbocycles. The van der Waals surface area contributed by atoms with Crippen LogP contribution < -0.4 is 0 Å². The van der Waals surface area contributed by atoms with Crippen LogP contribution in [-0.4, -0.2) is 33.7 Å². The van der Waals surface area contributed by atoms with Gasteiger partial charge < -0.3 is 2.85 Å². The largest absolute Gasteiger partial charge is 2.00 e. The molecule has 8 heavy (non-hydrogen) atoms. The second-order valence-corrected chi connectivity index (χ2v) is 2.60. The Morgan fingerprint density at radius 1 is 2.00 bits per heavy atom. The van der Waals surface area contributed by atoms with Crippen molar-refractivity contribution in [2.24, 2.45) is 0 Å². The second-order valence-electron chi connectivity index (χ2n) is 0.719. The zero-order valence-corrected chi connectivity index (χ0v) is 7.66. The molecule has 6 heteroatoms. The van der Waals surface area contributed by atoms with Crippen LogP contribution in [0.15, 0.2) is 0 Å². The summed E-state index contributed by atoms with van der Waals surface area (Å²) in [5.74, 6) is 0.696. The molecule has 0 spiro atoms. The average molecular weight is 167 g/mol. The Morgan fingerprint density at radius 3 is 2.62 bits per heavy atom. The van der Waals surface area contributed by atoms with Gasteiger partial charge in [-0.15, -0.1) is 4.89 Å². The SMILES string of the molecule is CCSO[P+](=O)O.[H-].[H-].[Mg+2]. The van der Waals surface area contributed by atoms with Crippen molar-refractivity contribution < 1.29 is 16.3 Å². The second kappa shape index (κ2) is 8.14. The van der Waals surface area contributed by atoms with E-state index < -0.39 is 8.25 Å². The summed E-state index contributed by atoms with van der Waals surface area (Å²) < 4.78 is 13.8. The Kier molecular flexibility index (Phi) is 12.1. The van der Waals surface area contributed by atoms with Crippen LogP contribution in [0.4, 0.5) is 0 Å². The minimum absolute atomic E-state index is 0. The number of rotatable bonds is 3. The van der Waals surface area contributed by atoms with Gasteiger partial charge in [0.1, 0.15) is 0 Å². The van der Waals surface area contributed by atoms with Gasteiger partial charge in [-0.25, -0.2) is 0 Å². The molecule has 0 aliphatic rings. The summed E-state index contributed by atoms with van der Waals surface area (Å²) in [6, 6.07) is 0. The normalized spacial score (nSPS) is 10.0. The van der Waals surface area contributed by atoms with Gasteiger partial charge in [0.05, 0.1) is 12.0 Å². The molecule has 0 aromatic heterocycles. The third-order valence-corrected chi connectivity index (χ3v) is 1.40. The summed E-state index contributed by atoms with van der Waals surface area (Å²) in [4.78, 5) is 7.95. The van der Waals surface area contributed by atoms with E-state index in [4.69, 9.17) is 4.89 Å². The molecule has 0 aromatic carbocycles. The molecule has 1 N–H and O–H groups in total. The topological polar surface area (TPSA) is 46.5 Å². The molecule has 46 valence electrons. The molecule has 0 saturated carbocycles. The van der Waals surface area contributed by atoms with Gasteiger partial charge in [0.15, 0.2) is 0 Å². The molecule has 0 bridgehead atoms. The number of hydrogen-bond donors (Lipinski definition) is 1. The van der Waals surface area contributed by atoms with Gasteiger partial charge in [0, 0.05) is 10.3 Å². The zero-order chi connectivity index (χ0) is 5.70. The first-order chi connectivity index (χ1) is 3.27. The molecule has 0 amide bonds. The van der Waals surface area contributed by atoms with Gasteiger partial charge in [0.2, 0.25) is 0 Å². The van der Waals surface area contributed by atoms with Crippen LogP contribution in [-0.2, 0) is 8.54 Å². The minimum atomic E-state index is -2.39. The maximum atomic E-state index is 9.66. The smallest absolute Gasteiger partial charge is 1.00 e. The van der Waals surface area contributed by atoms with Gasteiger partial charge in [-0.05, 0) is 3.97 Å². The Labute approximate surface area is 72.5 Å². The fourth-order valence-corrected chi connectivity index (χ4v) is 0.880. The monoisotopic (exact) mass is 167 g/mol. The van der Waals surface area contributed by atoms with E-state index >= 15 is 0 Å². The van der Waals surface area contributed by atoms with E-state index in [9.17, 15) is 4.57 Å². The van der Waals surface area contributed by atoms with Gasteiger partial charge in [-0.3, -0.25) is 0 Å². The van der Waals surface area contributed by atoms with Crippen LogP contribution in [0.3, 0.4) is 0 Å². The number of hydrogen-bond acceptors (Lipinski definition) is 3. The Bertz CT molecular complexity index is 77.5. The third-order valence-electron chi connectivity index (χ3n) is 0.234. The van der Waals surface area contributed by atoms with E-state index in [1.54, 1.807) is 0 Å². The maximum absolute atomic E-state index is 9.66. The van der Waals surface area contributed by atoms with Gasteiger partial charge >= 0.3 is 31.3 Å². The van der Waals surface area contributed by atoms with Crippen molar-refractivity contribution in [3.63, 3.8) is 0 Å². The van der Waals surface area contributed by atoms with E-state index in [2.05, 4.69) is 3.97 Å². The van der Waals surface area contributed by atoms with Crippen LogP contribution in [0.25, 0.3) is 0 Å². The molecule has 0 heterocycles. The van der Waals surface area contributed by atoms with E-state index in [1.807, 2.05) is 6.92 Å². The Hall–Kier alpha value is 1.14. The molecule has 0 fully saturated rings. The summed E-state index contributed by atoms with van der Waals surface area (Å²) in [6.07, 6.45) is 0. The summed E-state index contributed by atoms with van der Waals surface area (Å²) >= 11 is 0.983. The predicted molar refractivity (Wildman–Crippen MR) is 37.0 cm³/mol. The molecule has 0 aromatic rings. The molecule has 0 radical (unpaired) electrons. The Balaban J connectivity index is -0.0000000600. The van der Waals surface area contributed by atoms with Crippen LogP contribution in [0, 0.1) is 0 Å². The summed E-state index contributed by atoms with van der Waals surface area (Å²) in [5.41, 5.74) is 0. The first-order valence-corrected chi connectivity index (χ1v) is 3.77. The van der Waals surface area contributed by atoms with Gasteiger partial charge in [-0.2, -0.15) is 0 Å².